The van der Waals surface area contributed by atoms with E-state index in [1.54, 1.807) is 22.9 Å². The summed E-state index contributed by atoms with van der Waals surface area (Å²) < 4.78 is 61.2. The van der Waals surface area contributed by atoms with E-state index in [4.69, 9.17) is 15.5 Å². The van der Waals surface area contributed by atoms with Crippen molar-refractivity contribution in [2.24, 2.45) is 15.7 Å². The average Bonchev–Trinajstić information content (AvgIpc) is 2.68. The van der Waals surface area contributed by atoms with Crippen LogP contribution in [0.4, 0.5) is 17.6 Å². The Morgan fingerprint density at radius 3 is 2.52 bits per heavy atom. The van der Waals surface area contributed by atoms with Crippen LogP contribution >= 0.6 is 0 Å². The number of alkyl halides is 4. The number of nitrogens with zero attached hydrogens (tertiary/aromatic N) is 6. The summed E-state index contributed by atoms with van der Waals surface area (Å²) in [6, 6.07) is -1.93. The largest absolute Gasteiger partial charge is 0.413 e. The minimum absolute atomic E-state index is 0.0194. The van der Waals surface area contributed by atoms with Crippen molar-refractivity contribution in [2.45, 2.75) is 37.6 Å². The third kappa shape index (κ3) is 3.98. The molecule has 12 heteroatoms. The Bertz CT molecular complexity index is 834. The summed E-state index contributed by atoms with van der Waals surface area (Å²) in [5.74, 6) is 0.262. The fraction of sp³-hybridized carbons (Fsp3) is 0.684. The van der Waals surface area contributed by atoms with E-state index in [2.05, 4.69) is 9.89 Å². The first-order chi connectivity index (χ1) is 14.6. The lowest BCUT2D eigenvalue weighted by atomic mass is 9.98. The van der Waals surface area contributed by atoms with Gasteiger partial charge in [-0.05, 0) is 6.92 Å². The first-order valence-electron chi connectivity index (χ1n) is 10.2. The highest BCUT2D eigenvalue weighted by Crippen LogP contribution is 2.38. The average molecular weight is 445 g/mol. The van der Waals surface area contributed by atoms with Gasteiger partial charge in [-0.15, -0.1) is 0 Å². The molecule has 0 saturated carbocycles. The van der Waals surface area contributed by atoms with Gasteiger partial charge in [-0.2, -0.15) is 13.2 Å². The summed E-state index contributed by atoms with van der Waals surface area (Å²) in [5, 5.41) is 0. The van der Waals surface area contributed by atoms with Gasteiger partial charge < -0.3 is 25.2 Å². The highest BCUT2D eigenvalue weighted by atomic mass is 19.4. The lowest BCUT2D eigenvalue weighted by Gasteiger charge is -2.47. The van der Waals surface area contributed by atoms with Crippen LogP contribution in [0, 0.1) is 0 Å². The summed E-state index contributed by atoms with van der Waals surface area (Å²) in [6.07, 6.45) is -3.32. The molecule has 4 heterocycles. The van der Waals surface area contributed by atoms with Crippen molar-refractivity contribution in [1.29, 1.82) is 0 Å². The lowest BCUT2D eigenvalue weighted by molar-refractivity contribution is -0.161. The van der Waals surface area contributed by atoms with Gasteiger partial charge in [-0.1, -0.05) is 0 Å². The van der Waals surface area contributed by atoms with Gasteiger partial charge in [0.15, 0.2) is 18.3 Å². The number of likely N-dealkylation sites (tertiary alicyclic amines) is 1. The number of guanidine groups is 1. The van der Waals surface area contributed by atoms with Gasteiger partial charge in [0.05, 0.1) is 26.3 Å². The molecule has 0 aromatic carbocycles. The zero-order valence-corrected chi connectivity index (χ0v) is 17.7. The fourth-order valence-electron chi connectivity index (χ4n) is 4.28. The Morgan fingerprint density at radius 2 is 1.90 bits per heavy atom. The van der Waals surface area contributed by atoms with Crippen molar-refractivity contribution in [3.05, 3.63) is 23.5 Å². The molecule has 31 heavy (non-hydrogen) atoms. The molecule has 0 spiro atoms. The minimum Gasteiger partial charge on any atom is -0.379 e. The van der Waals surface area contributed by atoms with E-state index in [0.29, 0.717) is 31.3 Å². The molecular weight excluding hydrogens is 418 g/mol. The van der Waals surface area contributed by atoms with Gasteiger partial charge in [0.1, 0.15) is 12.0 Å². The molecule has 8 nitrogen and oxygen atoms in total. The molecule has 2 saturated heterocycles. The van der Waals surface area contributed by atoms with E-state index in [1.807, 2.05) is 6.92 Å². The molecule has 0 bridgehead atoms. The van der Waals surface area contributed by atoms with Crippen LogP contribution in [0.1, 0.15) is 6.92 Å². The van der Waals surface area contributed by atoms with Crippen molar-refractivity contribution >= 4 is 11.8 Å². The van der Waals surface area contributed by atoms with Crippen molar-refractivity contribution in [1.82, 2.24) is 19.6 Å². The summed E-state index contributed by atoms with van der Waals surface area (Å²) in [4.78, 5) is 15.2. The number of amidine groups is 1. The molecule has 4 aliphatic heterocycles. The molecule has 2 N–H and O–H groups in total. The lowest BCUT2D eigenvalue weighted by Crippen LogP contribution is -2.59. The van der Waals surface area contributed by atoms with Gasteiger partial charge in [-0.25, -0.2) is 14.4 Å². The van der Waals surface area contributed by atoms with Crippen LogP contribution in [0.2, 0.25) is 0 Å². The van der Waals surface area contributed by atoms with E-state index in [0.717, 1.165) is 4.90 Å². The van der Waals surface area contributed by atoms with Crippen molar-refractivity contribution < 1.29 is 22.3 Å². The van der Waals surface area contributed by atoms with Crippen LogP contribution in [-0.2, 0) is 4.74 Å². The molecular formula is C19H27F4N7O. The van der Waals surface area contributed by atoms with Crippen molar-refractivity contribution in [3.63, 3.8) is 0 Å². The molecule has 4 rings (SSSR count). The maximum atomic E-state index is 14.0. The first kappa shape index (κ1) is 21.9. The Morgan fingerprint density at radius 1 is 1.19 bits per heavy atom. The number of hydrogen-bond donors (Lipinski definition) is 1. The van der Waals surface area contributed by atoms with Gasteiger partial charge in [0.25, 0.3) is 0 Å². The normalized spacial score (nSPS) is 31.1. The number of aliphatic imine (C=N–C) groups is 2. The highest BCUT2D eigenvalue weighted by Gasteiger charge is 2.49. The molecule has 0 amide bonds. The molecule has 0 aromatic heterocycles. The van der Waals surface area contributed by atoms with Gasteiger partial charge in [0.2, 0.25) is 0 Å². The van der Waals surface area contributed by atoms with E-state index in [1.165, 1.54) is 13.2 Å². The minimum atomic E-state index is -4.57. The standard InChI is InChI=1S/C19H27F4N7O/c1-11-10-31-5-4-30(11)18-26-15(29-8-12(20)9-29)6-14(27(18)2)13-7-25-17(24)28(3)16(13)19(21,22)23/h6-7,11-12,16,18H,4-5,8-10H2,1-3H3,(H2,24,25)/t11-,16?,18?/m0/s1. The van der Waals surface area contributed by atoms with Crippen LogP contribution in [0.25, 0.3) is 0 Å². The molecule has 0 radical (unpaired) electrons. The smallest absolute Gasteiger partial charge is 0.379 e. The maximum absolute atomic E-state index is 14.0. The number of ether oxygens (including phenoxy) is 1. The summed E-state index contributed by atoms with van der Waals surface area (Å²) in [5.41, 5.74) is 5.99. The monoisotopic (exact) mass is 445 g/mol. The van der Waals surface area contributed by atoms with E-state index in [-0.39, 0.29) is 30.7 Å². The number of morpholine rings is 1. The zero-order valence-electron chi connectivity index (χ0n) is 17.7. The predicted molar refractivity (Wildman–Crippen MR) is 108 cm³/mol. The maximum Gasteiger partial charge on any atom is 0.413 e. The summed E-state index contributed by atoms with van der Waals surface area (Å²) in [7, 11) is 2.98. The topological polar surface area (TPSA) is 72.9 Å². The van der Waals surface area contributed by atoms with Gasteiger partial charge >= 0.3 is 6.18 Å². The number of nitrogens with two attached hydrogens (primary N) is 1. The molecule has 2 unspecified atom stereocenters. The zero-order chi connectivity index (χ0) is 22.5. The second kappa shape index (κ2) is 7.97. The second-order valence-electron chi connectivity index (χ2n) is 8.27. The Kier molecular flexibility index (Phi) is 5.63. The number of hydrogen-bond acceptors (Lipinski definition) is 8. The summed E-state index contributed by atoms with van der Waals surface area (Å²) >= 11 is 0. The number of rotatable bonds is 2. The van der Waals surface area contributed by atoms with Crippen LogP contribution in [0.15, 0.2) is 33.5 Å². The van der Waals surface area contributed by atoms with Crippen LogP contribution in [-0.4, -0.2) is 109 Å². The number of likely N-dealkylation sites (N-methyl/N-ethyl adjacent to an activating group) is 2. The molecule has 0 aromatic rings. The van der Waals surface area contributed by atoms with Crippen LogP contribution in [0.5, 0.6) is 0 Å². The van der Waals surface area contributed by atoms with Crippen molar-refractivity contribution in [3.8, 4) is 0 Å². The predicted octanol–water partition coefficient (Wildman–Crippen LogP) is 0.947. The van der Waals surface area contributed by atoms with Gasteiger partial charge in [-0.3, -0.25) is 4.90 Å². The summed E-state index contributed by atoms with van der Waals surface area (Å²) in [6.45, 7) is 3.92. The third-order valence-electron chi connectivity index (χ3n) is 6.10. The van der Waals surface area contributed by atoms with E-state index < -0.39 is 24.7 Å². The van der Waals surface area contributed by atoms with E-state index >= 15 is 0 Å². The fourth-order valence-corrected chi connectivity index (χ4v) is 4.28. The quantitative estimate of drug-likeness (QED) is 0.639. The van der Waals surface area contributed by atoms with Crippen LogP contribution < -0.4 is 5.73 Å². The molecule has 4 aliphatic rings. The highest BCUT2D eigenvalue weighted by molar-refractivity contribution is 5.95. The van der Waals surface area contributed by atoms with Crippen LogP contribution in [0.3, 0.4) is 0 Å². The third-order valence-corrected chi connectivity index (χ3v) is 6.10. The second-order valence-corrected chi connectivity index (χ2v) is 8.27. The first-order valence-corrected chi connectivity index (χ1v) is 10.2. The molecule has 3 atom stereocenters. The SMILES string of the molecule is C[C@H]1COCCN1C1N=C(N2CC(F)C2)C=C(C2=CN=C(N)N(C)C2C(F)(F)F)N1C. The Balaban J connectivity index is 1.75. The molecule has 172 valence electrons. The molecule has 2 fully saturated rings. The molecule has 0 aliphatic carbocycles. The Hall–Kier alpha value is -2.34. The van der Waals surface area contributed by atoms with Gasteiger partial charge in [0, 0.05) is 50.2 Å². The number of halogens is 4. The Labute approximate surface area is 178 Å². The van der Waals surface area contributed by atoms with E-state index in [9.17, 15) is 17.6 Å². The van der Waals surface area contributed by atoms with Crippen molar-refractivity contribution in [2.75, 3.05) is 46.9 Å².